The van der Waals surface area contributed by atoms with Gasteiger partial charge < -0.3 is 5.32 Å². The first kappa shape index (κ1) is 15.6. The van der Waals surface area contributed by atoms with Crippen molar-refractivity contribution in [2.45, 2.75) is 19.8 Å². The Morgan fingerprint density at radius 2 is 1.88 bits per heavy atom. The van der Waals surface area contributed by atoms with E-state index in [2.05, 4.69) is 33.1 Å². The summed E-state index contributed by atoms with van der Waals surface area (Å²) in [6.45, 7) is 2.04. The maximum atomic E-state index is 12.7. The normalized spacial score (nSPS) is 26.6. The number of aromatic nitrogens is 3. The first-order valence-electron chi connectivity index (χ1n) is 8.30. The number of carbonyl (C=O) groups is 2. The third kappa shape index (κ3) is 2.82. The fourth-order valence-electron chi connectivity index (χ4n) is 3.77. The monoisotopic (exact) mass is 337 g/mol. The molecule has 0 aliphatic heterocycles. The Hall–Kier alpha value is -2.96. The van der Waals surface area contributed by atoms with Crippen LogP contribution < -0.4 is 10.7 Å². The van der Waals surface area contributed by atoms with Crippen LogP contribution in [0.1, 0.15) is 30.1 Å². The van der Waals surface area contributed by atoms with Gasteiger partial charge in [0.05, 0.1) is 5.41 Å². The van der Waals surface area contributed by atoms with Crippen LogP contribution >= 0.6 is 0 Å². The number of allylic oxidation sites excluding steroid dienone is 2. The molecule has 1 aromatic heterocycles. The molecule has 2 aliphatic carbocycles. The largest absolute Gasteiger partial charge is 0.326 e. The van der Waals surface area contributed by atoms with Gasteiger partial charge in [-0.05, 0) is 48.9 Å². The maximum absolute atomic E-state index is 12.7. The van der Waals surface area contributed by atoms with Gasteiger partial charge in [-0.1, -0.05) is 19.1 Å². The molecule has 4 rings (SSSR count). The molecule has 1 saturated carbocycles. The van der Waals surface area contributed by atoms with E-state index < -0.39 is 0 Å². The molecule has 2 amide bonds. The molecule has 128 valence electrons. The number of nitrogens with one attached hydrogen (secondary N) is 2. The zero-order valence-electron chi connectivity index (χ0n) is 13.8. The summed E-state index contributed by atoms with van der Waals surface area (Å²) in [4.78, 5) is 24.8. The van der Waals surface area contributed by atoms with Crippen molar-refractivity contribution in [3.8, 4) is 0 Å². The molecule has 0 spiro atoms. The highest BCUT2D eigenvalue weighted by molar-refractivity contribution is 6.01. The Kier molecular flexibility index (Phi) is 3.63. The summed E-state index contributed by atoms with van der Waals surface area (Å²) in [6.07, 6.45) is 9.18. The summed E-state index contributed by atoms with van der Waals surface area (Å²) in [5.74, 6) is 0.629. The minimum Gasteiger partial charge on any atom is -0.326 e. The first-order valence-corrected chi connectivity index (χ1v) is 8.30. The van der Waals surface area contributed by atoms with Crippen LogP contribution in [-0.2, 0) is 4.79 Å². The first-order chi connectivity index (χ1) is 12.0. The second-order valence-electron chi connectivity index (χ2n) is 6.95. The van der Waals surface area contributed by atoms with E-state index in [1.54, 1.807) is 24.3 Å². The van der Waals surface area contributed by atoms with Crippen molar-refractivity contribution in [2.75, 3.05) is 10.7 Å². The minimum atomic E-state index is -0.343. The van der Waals surface area contributed by atoms with Crippen LogP contribution in [0.5, 0.6) is 0 Å². The van der Waals surface area contributed by atoms with E-state index in [-0.39, 0.29) is 17.2 Å². The lowest BCUT2D eigenvalue weighted by Gasteiger charge is -2.29. The predicted molar refractivity (Wildman–Crippen MR) is 92.2 cm³/mol. The molecule has 2 bridgehead atoms. The zero-order valence-corrected chi connectivity index (χ0v) is 13.8. The van der Waals surface area contributed by atoms with Gasteiger partial charge in [0, 0.05) is 11.3 Å². The molecule has 1 aromatic carbocycles. The molecule has 2 N–H and O–H groups in total. The SMILES string of the molecule is C[C@@]1(C(=O)Nc2ccc(C(=O)Nn3cnnc3)cc2)C[C@H]2C=C[C@H]1C2. The van der Waals surface area contributed by atoms with Gasteiger partial charge in [0.15, 0.2) is 0 Å². The molecule has 2 aliphatic rings. The second-order valence-corrected chi connectivity index (χ2v) is 6.95. The molecule has 1 fully saturated rings. The summed E-state index contributed by atoms with van der Waals surface area (Å²) in [6, 6.07) is 6.84. The van der Waals surface area contributed by atoms with Crippen molar-refractivity contribution in [1.29, 1.82) is 0 Å². The van der Waals surface area contributed by atoms with Crippen molar-refractivity contribution in [3.05, 3.63) is 54.6 Å². The molecule has 3 atom stereocenters. The predicted octanol–water partition coefficient (Wildman–Crippen LogP) is 2.20. The number of fused-ring (bicyclic) bond motifs is 2. The van der Waals surface area contributed by atoms with Gasteiger partial charge in [-0.2, -0.15) is 0 Å². The van der Waals surface area contributed by atoms with Crippen LogP contribution in [0.25, 0.3) is 0 Å². The van der Waals surface area contributed by atoms with Crippen LogP contribution in [-0.4, -0.2) is 26.7 Å². The molecule has 0 radical (unpaired) electrons. The number of anilines is 1. The van der Waals surface area contributed by atoms with Crippen LogP contribution in [0.15, 0.2) is 49.1 Å². The number of hydrogen-bond acceptors (Lipinski definition) is 4. The summed E-state index contributed by atoms with van der Waals surface area (Å²) in [5, 5.41) is 10.2. The van der Waals surface area contributed by atoms with Crippen molar-refractivity contribution >= 4 is 17.5 Å². The Morgan fingerprint density at radius 1 is 1.16 bits per heavy atom. The highest BCUT2D eigenvalue weighted by Gasteiger charge is 2.49. The van der Waals surface area contributed by atoms with E-state index in [9.17, 15) is 9.59 Å². The highest BCUT2D eigenvalue weighted by Crippen LogP contribution is 2.52. The van der Waals surface area contributed by atoms with Gasteiger partial charge in [0.25, 0.3) is 5.91 Å². The third-order valence-corrected chi connectivity index (χ3v) is 5.25. The van der Waals surface area contributed by atoms with E-state index in [1.165, 1.54) is 17.3 Å². The molecular weight excluding hydrogens is 318 g/mol. The van der Waals surface area contributed by atoms with Gasteiger partial charge in [-0.25, -0.2) is 4.68 Å². The van der Waals surface area contributed by atoms with Crippen molar-refractivity contribution in [1.82, 2.24) is 14.9 Å². The van der Waals surface area contributed by atoms with Crippen LogP contribution in [0, 0.1) is 17.3 Å². The zero-order chi connectivity index (χ0) is 17.4. The van der Waals surface area contributed by atoms with E-state index in [4.69, 9.17) is 0 Å². The number of amides is 2. The van der Waals surface area contributed by atoms with Crippen molar-refractivity contribution in [2.24, 2.45) is 17.3 Å². The average molecular weight is 337 g/mol. The maximum Gasteiger partial charge on any atom is 0.270 e. The van der Waals surface area contributed by atoms with Crippen LogP contribution in [0.4, 0.5) is 5.69 Å². The Morgan fingerprint density at radius 3 is 2.48 bits per heavy atom. The molecular formula is C18H19N5O2. The summed E-state index contributed by atoms with van der Waals surface area (Å²) in [7, 11) is 0. The topological polar surface area (TPSA) is 88.9 Å². The summed E-state index contributed by atoms with van der Waals surface area (Å²) >= 11 is 0. The summed E-state index contributed by atoms with van der Waals surface area (Å²) < 4.78 is 1.38. The van der Waals surface area contributed by atoms with Gasteiger partial charge in [0.2, 0.25) is 5.91 Å². The lowest BCUT2D eigenvalue weighted by Crippen LogP contribution is -2.36. The number of rotatable bonds is 4. The number of benzene rings is 1. The third-order valence-electron chi connectivity index (χ3n) is 5.25. The van der Waals surface area contributed by atoms with E-state index in [0.29, 0.717) is 23.1 Å². The van der Waals surface area contributed by atoms with Crippen LogP contribution in [0.2, 0.25) is 0 Å². The fraction of sp³-hybridized carbons (Fsp3) is 0.333. The standard InChI is InChI=1S/C18H19N5O2/c1-18(9-12-2-5-14(18)8-12)17(25)21-15-6-3-13(4-7-15)16(24)22-23-10-19-20-11-23/h2-7,10-12,14H,8-9H2,1H3,(H,21,25)(H,22,24)/t12-,14-,18+/m0/s1. The minimum absolute atomic E-state index is 0.0473. The Balaban J connectivity index is 1.41. The number of nitrogens with zero attached hydrogens (tertiary/aromatic N) is 3. The highest BCUT2D eigenvalue weighted by atomic mass is 16.2. The molecule has 0 unspecified atom stereocenters. The van der Waals surface area contributed by atoms with Crippen LogP contribution in [0.3, 0.4) is 0 Å². The molecule has 0 saturated heterocycles. The number of carbonyl (C=O) groups excluding carboxylic acids is 2. The quantitative estimate of drug-likeness (QED) is 0.837. The van der Waals surface area contributed by atoms with E-state index in [0.717, 1.165) is 12.8 Å². The smallest absolute Gasteiger partial charge is 0.270 e. The fourth-order valence-corrected chi connectivity index (χ4v) is 3.77. The van der Waals surface area contributed by atoms with Crippen molar-refractivity contribution in [3.63, 3.8) is 0 Å². The Labute approximate surface area is 145 Å². The van der Waals surface area contributed by atoms with Crippen molar-refractivity contribution < 1.29 is 9.59 Å². The molecule has 7 heteroatoms. The van der Waals surface area contributed by atoms with E-state index >= 15 is 0 Å². The van der Waals surface area contributed by atoms with Gasteiger partial charge >= 0.3 is 0 Å². The van der Waals surface area contributed by atoms with Gasteiger partial charge in [-0.15, -0.1) is 10.2 Å². The lowest BCUT2D eigenvalue weighted by molar-refractivity contribution is -0.126. The average Bonchev–Trinajstić information content (AvgIpc) is 3.33. The Bertz CT molecular complexity index is 828. The molecule has 1 heterocycles. The molecule has 7 nitrogen and oxygen atoms in total. The second kappa shape index (κ2) is 5.84. The number of hydrogen-bond donors (Lipinski definition) is 2. The lowest BCUT2D eigenvalue weighted by atomic mass is 9.77. The molecule has 25 heavy (non-hydrogen) atoms. The van der Waals surface area contributed by atoms with E-state index in [1.807, 2.05) is 6.92 Å². The van der Waals surface area contributed by atoms with Gasteiger partial charge in [0.1, 0.15) is 12.7 Å². The van der Waals surface area contributed by atoms with Gasteiger partial charge in [-0.3, -0.25) is 15.0 Å². The molecule has 2 aromatic rings. The summed E-state index contributed by atoms with van der Waals surface area (Å²) in [5.41, 5.74) is 3.46.